The van der Waals surface area contributed by atoms with Crippen LogP contribution < -0.4 is 10.3 Å². The van der Waals surface area contributed by atoms with E-state index in [0.29, 0.717) is 55.9 Å². The molecule has 1 aromatic heterocycles. The minimum atomic E-state index is -4.77. The van der Waals surface area contributed by atoms with Gasteiger partial charge in [-0.3, -0.25) is 34.3 Å². The highest BCUT2D eigenvalue weighted by Gasteiger charge is 2.70. The van der Waals surface area contributed by atoms with Crippen molar-refractivity contribution in [1.29, 1.82) is 0 Å². The fourth-order valence-electron chi connectivity index (χ4n) is 10.5. The Morgan fingerprint density at radius 2 is 1.45 bits per heavy atom. The number of phenolic OH excluding ortho intramolecular Hbond substituents is 1. The first-order valence-electron chi connectivity index (χ1n) is 20.3. The summed E-state index contributed by atoms with van der Waals surface area (Å²) in [4.78, 5) is 78.3. The largest absolute Gasteiger partial charge is 0.507 e. The number of allylic oxidation sites excluding steroid dienone is 2. The van der Waals surface area contributed by atoms with Crippen LogP contribution in [0.5, 0.6) is 5.75 Å². The van der Waals surface area contributed by atoms with E-state index < -0.39 is 75.4 Å². The van der Waals surface area contributed by atoms with Crippen LogP contribution in [0.25, 0.3) is 10.8 Å². The summed E-state index contributed by atoms with van der Waals surface area (Å²) in [5, 5.41) is 12.7. The van der Waals surface area contributed by atoms with Gasteiger partial charge in [-0.25, -0.2) is 4.98 Å². The summed E-state index contributed by atoms with van der Waals surface area (Å²) in [7, 11) is 0. The standard InChI is InChI=1S/C49H33Cl2F3N4O6/c50-29-14-12-27(13-15-29)48-37(45(62)58(47(48)64)56-43-38(51)22-28(24-55-43)49(52,53)54)23-36-34(41(48)33-20-21-39(59)32-9-5-4-8-31(32)33)18-19-35-40(36)46(63)57(44(35)61)30-16-10-26(11-17-30)42(60)25-6-2-1-3-7-25/h1-18,20-22,24,35-37,40-41,59H,19,23H2,(H,55,56). The molecule has 3 heterocycles. The highest BCUT2D eigenvalue weighted by Crippen LogP contribution is 2.65. The van der Waals surface area contributed by atoms with Gasteiger partial charge in [-0.2, -0.15) is 18.2 Å². The summed E-state index contributed by atoms with van der Waals surface area (Å²) >= 11 is 12.7. The number of aromatic hydroxyl groups is 1. The van der Waals surface area contributed by atoms with Gasteiger partial charge in [0.25, 0.3) is 11.8 Å². The first kappa shape index (κ1) is 41.2. The number of amides is 4. The molecule has 0 radical (unpaired) electrons. The lowest BCUT2D eigenvalue weighted by molar-refractivity contribution is -0.139. The van der Waals surface area contributed by atoms with Crippen LogP contribution >= 0.6 is 23.2 Å². The Morgan fingerprint density at radius 1 is 0.781 bits per heavy atom. The van der Waals surface area contributed by atoms with Crippen molar-refractivity contribution >= 4 is 74.9 Å². The number of imide groups is 2. The van der Waals surface area contributed by atoms with Crippen molar-refractivity contribution in [1.82, 2.24) is 9.99 Å². The van der Waals surface area contributed by atoms with E-state index in [1.807, 2.05) is 6.08 Å². The molecule has 2 saturated heterocycles. The molecule has 10 nitrogen and oxygen atoms in total. The lowest BCUT2D eigenvalue weighted by atomic mass is 9.49. The number of halogens is 5. The highest BCUT2D eigenvalue weighted by atomic mass is 35.5. The minimum Gasteiger partial charge on any atom is -0.507 e. The number of hydrogen-bond donors (Lipinski definition) is 2. The molecule has 3 fully saturated rings. The molecule has 4 amide bonds. The Morgan fingerprint density at radius 3 is 2.14 bits per heavy atom. The van der Waals surface area contributed by atoms with E-state index in [4.69, 9.17) is 23.2 Å². The quantitative estimate of drug-likeness (QED) is 0.0919. The van der Waals surface area contributed by atoms with E-state index >= 15 is 9.59 Å². The lowest BCUT2D eigenvalue weighted by Gasteiger charge is -2.51. The molecule has 6 atom stereocenters. The number of carbonyl (C=O) groups is 5. The smallest absolute Gasteiger partial charge is 0.417 e. The van der Waals surface area contributed by atoms with Crippen LogP contribution in [0.2, 0.25) is 10.0 Å². The molecule has 0 spiro atoms. The van der Waals surface area contributed by atoms with E-state index in [1.54, 1.807) is 109 Å². The second-order valence-corrected chi connectivity index (χ2v) is 17.2. The van der Waals surface area contributed by atoms with Crippen LogP contribution in [-0.2, 0) is 30.8 Å². The summed E-state index contributed by atoms with van der Waals surface area (Å²) < 4.78 is 40.9. The topological polar surface area (TPSA) is 137 Å². The van der Waals surface area contributed by atoms with Gasteiger partial charge in [0.1, 0.15) is 5.75 Å². The number of hydrazine groups is 1. The Kier molecular flexibility index (Phi) is 9.76. The number of anilines is 2. The molecule has 4 aliphatic rings. The zero-order valence-electron chi connectivity index (χ0n) is 33.2. The van der Waals surface area contributed by atoms with E-state index in [9.17, 15) is 32.7 Å². The van der Waals surface area contributed by atoms with Gasteiger partial charge in [-0.15, -0.1) is 0 Å². The normalized spacial score (nSPS) is 24.1. The van der Waals surface area contributed by atoms with Crippen molar-refractivity contribution in [3.8, 4) is 5.75 Å². The number of carbonyl (C=O) groups excluding carboxylic acids is 5. The van der Waals surface area contributed by atoms with Gasteiger partial charge in [0.15, 0.2) is 11.6 Å². The van der Waals surface area contributed by atoms with E-state index in [-0.39, 0.29) is 35.9 Å². The number of pyridine rings is 1. The number of fused-ring (bicyclic) bond motifs is 5. The third-order valence-corrected chi connectivity index (χ3v) is 13.8. The maximum absolute atomic E-state index is 15.6. The fourth-order valence-corrected chi connectivity index (χ4v) is 10.8. The maximum Gasteiger partial charge on any atom is 0.417 e. The van der Waals surface area contributed by atoms with Crippen LogP contribution in [-0.4, -0.2) is 44.5 Å². The SMILES string of the molecule is O=C(c1ccccc1)c1ccc(N2C(=O)C3CC=C4C(CC5C(=O)N(Nc6ncc(C(F)(F)F)cc6Cl)C(=O)C5(c5ccc(Cl)cc5)C4c4ccc(O)c5ccccc45)C3C2=O)cc1. The Hall–Kier alpha value is -6.83. The summed E-state index contributed by atoms with van der Waals surface area (Å²) in [6, 6.07) is 32.2. The summed E-state index contributed by atoms with van der Waals surface area (Å²) in [6.45, 7) is 0. The number of nitrogens with one attached hydrogen (secondary N) is 1. The average molecular weight is 902 g/mol. The van der Waals surface area contributed by atoms with Crippen molar-refractivity contribution in [3.05, 3.63) is 177 Å². The predicted octanol–water partition coefficient (Wildman–Crippen LogP) is 9.69. The first-order valence-corrected chi connectivity index (χ1v) is 21.1. The third-order valence-electron chi connectivity index (χ3n) is 13.2. The van der Waals surface area contributed by atoms with Crippen molar-refractivity contribution in [3.63, 3.8) is 0 Å². The number of hydrogen-bond acceptors (Lipinski definition) is 8. The van der Waals surface area contributed by atoms with Gasteiger partial charge in [-0.05, 0) is 83.8 Å². The second-order valence-electron chi connectivity index (χ2n) is 16.4. The second kappa shape index (κ2) is 15.2. The number of nitrogens with zero attached hydrogens (tertiary/aromatic N) is 3. The number of benzene rings is 5. The fraction of sp³-hybridized carbons (Fsp3) is 0.184. The van der Waals surface area contributed by atoms with Crippen LogP contribution in [0, 0.1) is 23.7 Å². The number of alkyl halides is 3. The molecule has 2 N–H and O–H groups in total. The van der Waals surface area contributed by atoms with Crippen LogP contribution in [0.1, 0.15) is 51.4 Å². The molecule has 5 aromatic carbocycles. The van der Waals surface area contributed by atoms with Gasteiger partial charge in [0.2, 0.25) is 11.8 Å². The Balaban J connectivity index is 1.12. The molecule has 2 aliphatic carbocycles. The molecule has 2 aliphatic heterocycles. The predicted molar refractivity (Wildman–Crippen MR) is 231 cm³/mol. The molecule has 1 saturated carbocycles. The minimum absolute atomic E-state index is 0.0367. The molecule has 6 unspecified atom stereocenters. The molecule has 10 rings (SSSR count). The zero-order valence-corrected chi connectivity index (χ0v) is 34.7. The van der Waals surface area contributed by atoms with Crippen LogP contribution in [0.3, 0.4) is 0 Å². The van der Waals surface area contributed by atoms with E-state index in [1.165, 1.54) is 6.07 Å². The molecule has 0 bridgehead atoms. The first-order chi connectivity index (χ1) is 30.7. The van der Waals surface area contributed by atoms with Crippen molar-refractivity contribution in [2.24, 2.45) is 23.7 Å². The zero-order chi connectivity index (χ0) is 44.8. The molecule has 320 valence electrons. The summed E-state index contributed by atoms with van der Waals surface area (Å²) in [6.07, 6.45) is -2.33. The third kappa shape index (κ3) is 6.23. The number of phenols is 1. The molecular formula is C49H33Cl2F3N4O6. The number of aromatic nitrogens is 1. The highest BCUT2D eigenvalue weighted by molar-refractivity contribution is 6.33. The van der Waals surface area contributed by atoms with Gasteiger partial charge in [0, 0.05) is 33.7 Å². The Bertz CT molecular complexity index is 3000. The lowest BCUT2D eigenvalue weighted by Crippen LogP contribution is -2.53. The Labute approximate surface area is 372 Å². The van der Waals surface area contributed by atoms with Gasteiger partial charge in [-0.1, -0.05) is 108 Å². The monoisotopic (exact) mass is 900 g/mol. The molecular weight excluding hydrogens is 868 g/mol. The van der Waals surface area contributed by atoms with E-state index in [0.717, 1.165) is 9.91 Å². The molecule has 64 heavy (non-hydrogen) atoms. The number of ketones is 1. The van der Waals surface area contributed by atoms with E-state index in [2.05, 4.69) is 10.4 Å². The maximum atomic E-state index is 15.6. The van der Waals surface area contributed by atoms with Crippen LogP contribution in [0.15, 0.2) is 139 Å². The van der Waals surface area contributed by atoms with Crippen molar-refractivity contribution < 1.29 is 42.3 Å². The van der Waals surface area contributed by atoms with Crippen molar-refractivity contribution in [2.45, 2.75) is 30.4 Å². The summed E-state index contributed by atoms with van der Waals surface area (Å²) in [5.41, 5.74) is 2.40. The molecule has 6 aromatic rings. The van der Waals surface area contributed by atoms with Crippen LogP contribution in [0.4, 0.5) is 24.7 Å². The average Bonchev–Trinajstić information content (AvgIpc) is 3.67. The van der Waals surface area contributed by atoms with Gasteiger partial charge >= 0.3 is 6.18 Å². The summed E-state index contributed by atoms with van der Waals surface area (Å²) in [5.74, 6) is -7.96. The number of rotatable bonds is 7. The van der Waals surface area contributed by atoms with Gasteiger partial charge in [0.05, 0.1) is 39.4 Å². The molecule has 15 heteroatoms. The van der Waals surface area contributed by atoms with Crippen molar-refractivity contribution in [2.75, 3.05) is 10.3 Å². The van der Waals surface area contributed by atoms with Gasteiger partial charge < -0.3 is 5.11 Å².